The van der Waals surface area contributed by atoms with Gasteiger partial charge in [-0.1, -0.05) is 0 Å². The highest BCUT2D eigenvalue weighted by atomic mass is 32.1. The predicted molar refractivity (Wildman–Crippen MR) is 69.0 cm³/mol. The number of carbonyl (C=O) groups is 1. The summed E-state index contributed by atoms with van der Waals surface area (Å²) in [5.41, 5.74) is 0.851. The molecular weight excluding hydrogens is 250 g/mol. The van der Waals surface area contributed by atoms with Crippen LogP contribution in [-0.4, -0.2) is 41.0 Å². The van der Waals surface area contributed by atoms with Gasteiger partial charge < -0.3 is 10.1 Å². The van der Waals surface area contributed by atoms with E-state index in [9.17, 15) is 4.79 Å². The lowest BCUT2D eigenvalue weighted by Gasteiger charge is -2.22. The Kier molecular flexibility index (Phi) is 3.40. The normalized spacial score (nSPS) is 20.3. The van der Waals surface area contributed by atoms with Crippen molar-refractivity contribution in [3.63, 3.8) is 0 Å². The number of morpholine rings is 1. The van der Waals surface area contributed by atoms with Gasteiger partial charge in [0.05, 0.1) is 25.3 Å². The maximum absolute atomic E-state index is 11.9. The first kappa shape index (κ1) is 11.8. The zero-order valence-corrected chi connectivity index (χ0v) is 10.8. The number of rotatable bonds is 4. The smallest absolute Gasteiger partial charge is 0.193 e. The van der Waals surface area contributed by atoms with Crippen molar-refractivity contribution in [1.29, 1.82) is 0 Å². The van der Waals surface area contributed by atoms with E-state index in [0.717, 1.165) is 23.8 Å². The second-order valence-corrected chi connectivity index (χ2v) is 5.34. The molecule has 0 aliphatic carbocycles. The number of imidazole rings is 1. The summed E-state index contributed by atoms with van der Waals surface area (Å²) in [6, 6.07) is 0.162. The maximum Gasteiger partial charge on any atom is 0.193 e. The topological polar surface area (TPSA) is 55.6 Å². The molecule has 2 aromatic rings. The van der Waals surface area contributed by atoms with Crippen LogP contribution in [0.5, 0.6) is 0 Å². The number of hydrogen-bond acceptors (Lipinski definition) is 5. The average molecular weight is 265 g/mol. The molecule has 0 radical (unpaired) electrons. The summed E-state index contributed by atoms with van der Waals surface area (Å²) in [6.45, 7) is 2.20. The Morgan fingerprint density at radius 1 is 1.67 bits per heavy atom. The number of carbonyl (C=O) groups excluding carboxylic acids is 1. The van der Waals surface area contributed by atoms with Crippen molar-refractivity contribution in [2.24, 2.45) is 0 Å². The van der Waals surface area contributed by atoms with E-state index in [-0.39, 0.29) is 11.8 Å². The van der Waals surface area contributed by atoms with Gasteiger partial charge in [-0.25, -0.2) is 4.98 Å². The molecule has 18 heavy (non-hydrogen) atoms. The molecule has 5 nitrogen and oxygen atoms in total. The Bertz CT molecular complexity index is 514. The van der Waals surface area contributed by atoms with Gasteiger partial charge in [-0.05, 0) is 0 Å². The van der Waals surface area contributed by atoms with E-state index in [2.05, 4.69) is 10.3 Å². The van der Waals surface area contributed by atoms with Gasteiger partial charge in [0, 0.05) is 36.8 Å². The number of ketones is 1. The van der Waals surface area contributed by atoms with Crippen LogP contribution in [0.15, 0.2) is 17.8 Å². The molecule has 3 heterocycles. The van der Waals surface area contributed by atoms with Crippen LogP contribution in [0.2, 0.25) is 0 Å². The lowest BCUT2D eigenvalue weighted by atomic mass is 10.1. The van der Waals surface area contributed by atoms with Gasteiger partial charge in [0.2, 0.25) is 0 Å². The van der Waals surface area contributed by atoms with Crippen molar-refractivity contribution in [1.82, 2.24) is 14.7 Å². The van der Waals surface area contributed by atoms with Gasteiger partial charge in [-0.2, -0.15) is 0 Å². The molecule has 96 valence electrons. The first-order valence-electron chi connectivity index (χ1n) is 6.05. The lowest BCUT2D eigenvalue weighted by molar-refractivity contribution is -0.119. The van der Waals surface area contributed by atoms with Crippen LogP contribution < -0.4 is 5.32 Å². The number of nitrogens with one attached hydrogen (secondary N) is 1. The fraction of sp³-hybridized carbons (Fsp3) is 0.500. The van der Waals surface area contributed by atoms with Crippen LogP contribution in [-0.2, 0) is 16.0 Å². The van der Waals surface area contributed by atoms with Gasteiger partial charge in [0.15, 0.2) is 4.96 Å². The minimum absolute atomic E-state index is 0.162. The number of aromatic nitrogens is 2. The molecule has 0 bridgehead atoms. The highest BCUT2D eigenvalue weighted by Crippen LogP contribution is 2.12. The monoisotopic (exact) mass is 265 g/mol. The largest absolute Gasteiger partial charge is 0.379 e. The average Bonchev–Trinajstić information content (AvgIpc) is 2.90. The van der Waals surface area contributed by atoms with E-state index in [0.29, 0.717) is 19.4 Å². The SMILES string of the molecule is O=C(Cc1cn2ccsc2n1)CC1COCCN1. The number of hydrogen-bond donors (Lipinski definition) is 1. The molecule has 1 unspecified atom stereocenters. The van der Waals surface area contributed by atoms with Crippen molar-refractivity contribution >= 4 is 22.1 Å². The van der Waals surface area contributed by atoms with Crippen LogP contribution in [0, 0.1) is 0 Å². The van der Waals surface area contributed by atoms with Gasteiger partial charge in [0.25, 0.3) is 0 Å². The zero-order chi connectivity index (χ0) is 12.4. The minimum Gasteiger partial charge on any atom is -0.379 e. The Morgan fingerprint density at radius 3 is 3.39 bits per heavy atom. The van der Waals surface area contributed by atoms with Gasteiger partial charge in [-0.15, -0.1) is 11.3 Å². The molecule has 0 amide bonds. The number of Topliss-reactive ketones (excluding diaryl/α,β-unsaturated/α-hetero) is 1. The molecule has 6 heteroatoms. The number of nitrogens with zero attached hydrogens (tertiary/aromatic N) is 2. The molecule has 1 atom stereocenters. The van der Waals surface area contributed by atoms with Crippen molar-refractivity contribution in [3.8, 4) is 0 Å². The molecule has 1 N–H and O–H groups in total. The molecule has 0 spiro atoms. The van der Waals surface area contributed by atoms with Crippen molar-refractivity contribution in [2.75, 3.05) is 19.8 Å². The lowest BCUT2D eigenvalue weighted by Crippen LogP contribution is -2.42. The van der Waals surface area contributed by atoms with E-state index >= 15 is 0 Å². The van der Waals surface area contributed by atoms with E-state index in [1.54, 1.807) is 11.3 Å². The van der Waals surface area contributed by atoms with Crippen LogP contribution >= 0.6 is 11.3 Å². The molecule has 2 aromatic heterocycles. The molecular formula is C12H15N3O2S. The summed E-state index contributed by atoms with van der Waals surface area (Å²) < 4.78 is 7.29. The zero-order valence-electron chi connectivity index (χ0n) is 9.96. The predicted octanol–water partition coefficient (Wildman–Crippen LogP) is 0.886. The summed E-state index contributed by atoms with van der Waals surface area (Å²) in [6.07, 6.45) is 4.81. The fourth-order valence-corrected chi connectivity index (χ4v) is 2.88. The molecule has 0 aromatic carbocycles. The summed E-state index contributed by atoms with van der Waals surface area (Å²) in [7, 11) is 0. The third kappa shape index (κ3) is 2.60. The van der Waals surface area contributed by atoms with Crippen LogP contribution in [0.4, 0.5) is 0 Å². The minimum atomic E-state index is 0.162. The number of ether oxygens (including phenoxy) is 1. The Morgan fingerprint density at radius 2 is 2.61 bits per heavy atom. The maximum atomic E-state index is 11.9. The molecule has 3 rings (SSSR count). The van der Waals surface area contributed by atoms with Gasteiger partial charge in [-0.3, -0.25) is 9.20 Å². The highest BCUT2D eigenvalue weighted by Gasteiger charge is 2.17. The highest BCUT2D eigenvalue weighted by molar-refractivity contribution is 7.15. The van der Waals surface area contributed by atoms with Crippen molar-refractivity contribution in [2.45, 2.75) is 18.9 Å². The molecule has 1 fully saturated rings. The van der Waals surface area contributed by atoms with E-state index in [1.807, 2.05) is 22.2 Å². The molecule has 1 aliphatic heterocycles. The van der Waals surface area contributed by atoms with Gasteiger partial charge in [0.1, 0.15) is 5.78 Å². The summed E-state index contributed by atoms with van der Waals surface area (Å²) >= 11 is 1.58. The first-order valence-corrected chi connectivity index (χ1v) is 6.93. The number of thiazole rings is 1. The summed E-state index contributed by atoms with van der Waals surface area (Å²) in [5, 5.41) is 5.27. The quantitative estimate of drug-likeness (QED) is 0.892. The van der Waals surface area contributed by atoms with Crippen molar-refractivity contribution < 1.29 is 9.53 Å². The molecule has 1 aliphatic rings. The van der Waals surface area contributed by atoms with Crippen LogP contribution in [0.3, 0.4) is 0 Å². The van der Waals surface area contributed by atoms with E-state index in [1.165, 1.54) is 0 Å². The Balaban J connectivity index is 1.58. The van der Waals surface area contributed by atoms with Crippen LogP contribution in [0.1, 0.15) is 12.1 Å². The fourth-order valence-electron chi connectivity index (χ4n) is 2.16. The second kappa shape index (κ2) is 5.17. The second-order valence-electron chi connectivity index (χ2n) is 4.47. The Hall–Kier alpha value is -1.24. The number of fused-ring (bicyclic) bond motifs is 1. The third-order valence-electron chi connectivity index (χ3n) is 2.99. The van der Waals surface area contributed by atoms with E-state index < -0.39 is 0 Å². The molecule has 1 saturated heterocycles. The standard InChI is InChI=1S/C12H15N3O2S/c16-11(6-10-8-17-3-1-13-10)5-9-7-15-2-4-18-12(15)14-9/h2,4,7,10,13H,1,3,5-6,8H2. The summed E-state index contributed by atoms with van der Waals surface area (Å²) in [4.78, 5) is 17.3. The Labute approximate surface area is 109 Å². The molecule has 0 saturated carbocycles. The van der Waals surface area contributed by atoms with Crippen LogP contribution in [0.25, 0.3) is 4.96 Å². The van der Waals surface area contributed by atoms with Gasteiger partial charge >= 0.3 is 0 Å². The first-order chi connectivity index (χ1) is 8.81. The summed E-state index contributed by atoms with van der Waals surface area (Å²) in [5.74, 6) is 0.212. The van der Waals surface area contributed by atoms with E-state index in [4.69, 9.17) is 4.74 Å². The third-order valence-corrected chi connectivity index (χ3v) is 3.76. The van der Waals surface area contributed by atoms with Crippen molar-refractivity contribution in [3.05, 3.63) is 23.5 Å².